The molecule has 0 saturated carbocycles. The van der Waals surface area contributed by atoms with E-state index in [-0.39, 0.29) is 17.7 Å². The van der Waals surface area contributed by atoms with Crippen LogP contribution in [0, 0.1) is 24.1 Å². The summed E-state index contributed by atoms with van der Waals surface area (Å²) in [5.41, 5.74) is 1.12. The van der Waals surface area contributed by atoms with Crippen LogP contribution in [0.2, 0.25) is 0 Å². The minimum Gasteiger partial charge on any atom is -0.294 e. The summed E-state index contributed by atoms with van der Waals surface area (Å²) in [7, 11) is 0. The van der Waals surface area contributed by atoms with Gasteiger partial charge in [-0.15, -0.1) is 0 Å². The van der Waals surface area contributed by atoms with Crippen molar-refractivity contribution in [3.8, 4) is 6.07 Å². The normalized spacial score (nSPS) is 10.2. The van der Waals surface area contributed by atoms with Gasteiger partial charge in [-0.05, 0) is 46.6 Å². The van der Waals surface area contributed by atoms with Crippen LogP contribution in [0.5, 0.6) is 0 Å². The van der Waals surface area contributed by atoms with Crippen molar-refractivity contribution in [2.24, 2.45) is 0 Å². The molecule has 0 radical (unpaired) electrons. The highest BCUT2D eigenvalue weighted by molar-refractivity contribution is 9.10. The molecular formula is C13H9BrFN3O. The van der Waals surface area contributed by atoms with E-state index in [4.69, 9.17) is 5.26 Å². The molecule has 0 aliphatic carbocycles. The number of aryl methyl sites for hydroxylation is 1. The van der Waals surface area contributed by atoms with Crippen LogP contribution in [-0.4, -0.2) is 9.55 Å². The van der Waals surface area contributed by atoms with Gasteiger partial charge in [0.25, 0.3) is 5.56 Å². The average Bonchev–Trinajstić information content (AvgIpc) is 2.39. The number of hydrogen-bond donors (Lipinski definition) is 0. The standard InChI is InChI=1S/C13H9BrFN3O/c1-8-12(14)13(19)18(7-17-8)6-10-2-9(5-16)3-11(15)4-10/h2-4,7H,6H2,1H3. The van der Waals surface area contributed by atoms with Gasteiger partial charge in [-0.1, -0.05) is 0 Å². The maximum atomic E-state index is 13.3. The summed E-state index contributed by atoms with van der Waals surface area (Å²) >= 11 is 3.16. The Hall–Kier alpha value is -2.00. The summed E-state index contributed by atoms with van der Waals surface area (Å²) in [5.74, 6) is -0.499. The van der Waals surface area contributed by atoms with Crippen LogP contribution >= 0.6 is 15.9 Å². The Morgan fingerprint density at radius 2 is 2.21 bits per heavy atom. The number of nitrogens with zero attached hydrogens (tertiary/aromatic N) is 3. The van der Waals surface area contributed by atoms with Crippen molar-refractivity contribution in [3.05, 3.63) is 62.0 Å². The molecule has 0 unspecified atom stereocenters. The molecule has 0 amide bonds. The van der Waals surface area contributed by atoms with E-state index in [0.29, 0.717) is 15.7 Å². The predicted molar refractivity (Wildman–Crippen MR) is 71.2 cm³/mol. The van der Waals surface area contributed by atoms with Crippen molar-refractivity contribution >= 4 is 15.9 Å². The van der Waals surface area contributed by atoms with Crippen LogP contribution in [0.15, 0.2) is 33.8 Å². The topological polar surface area (TPSA) is 58.7 Å². The molecule has 0 aliphatic heterocycles. The zero-order chi connectivity index (χ0) is 14.0. The highest BCUT2D eigenvalue weighted by Gasteiger charge is 2.07. The summed E-state index contributed by atoms with van der Waals surface area (Å²) in [6.07, 6.45) is 1.40. The highest BCUT2D eigenvalue weighted by atomic mass is 79.9. The maximum Gasteiger partial charge on any atom is 0.268 e. The van der Waals surface area contributed by atoms with Crippen molar-refractivity contribution in [1.29, 1.82) is 5.26 Å². The molecule has 0 N–H and O–H groups in total. The predicted octanol–water partition coefficient (Wildman–Crippen LogP) is 2.37. The first kappa shape index (κ1) is 13.4. The molecule has 4 nitrogen and oxygen atoms in total. The SMILES string of the molecule is Cc1ncn(Cc2cc(F)cc(C#N)c2)c(=O)c1Br. The summed E-state index contributed by atoms with van der Waals surface area (Å²) in [6, 6.07) is 5.86. The van der Waals surface area contributed by atoms with E-state index in [1.54, 1.807) is 13.0 Å². The minimum absolute atomic E-state index is 0.164. The van der Waals surface area contributed by atoms with Crippen LogP contribution in [0.3, 0.4) is 0 Å². The van der Waals surface area contributed by atoms with Gasteiger partial charge in [0.15, 0.2) is 0 Å². The lowest BCUT2D eigenvalue weighted by molar-refractivity contribution is 0.621. The fourth-order valence-electron chi connectivity index (χ4n) is 1.66. The number of rotatable bonds is 2. The first-order valence-electron chi connectivity index (χ1n) is 5.42. The van der Waals surface area contributed by atoms with Crippen molar-refractivity contribution in [1.82, 2.24) is 9.55 Å². The van der Waals surface area contributed by atoms with E-state index in [0.717, 1.165) is 6.07 Å². The molecule has 1 aromatic heterocycles. The molecule has 1 aromatic carbocycles. The monoisotopic (exact) mass is 321 g/mol. The molecule has 0 saturated heterocycles. The Labute approximate surface area is 117 Å². The summed E-state index contributed by atoms with van der Waals surface area (Å²) in [5, 5.41) is 8.78. The van der Waals surface area contributed by atoms with Gasteiger partial charge in [0.1, 0.15) is 10.3 Å². The van der Waals surface area contributed by atoms with Crippen molar-refractivity contribution in [3.63, 3.8) is 0 Å². The molecule has 2 rings (SSSR count). The molecule has 6 heteroatoms. The molecule has 96 valence electrons. The average molecular weight is 322 g/mol. The first-order chi connectivity index (χ1) is 9.01. The minimum atomic E-state index is -0.499. The molecule has 0 atom stereocenters. The largest absolute Gasteiger partial charge is 0.294 e. The number of benzene rings is 1. The van der Waals surface area contributed by atoms with Gasteiger partial charge in [0.2, 0.25) is 0 Å². The number of hydrogen-bond acceptors (Lipinski definition) is 3. The lowest BCUT2D eigenvalue weighted by Gasteiger charge is -2.07. The van der Waals surface area contributed by atoms with Crippen LogP contribution < -0.4 is 5.56 Å². The van der Waals surface area contributed by atoms with Gasteiger partial charge in [-0.25, -0.2) is 9.37 Å². The van der Waals surface area contributed by atoms with Crippen molar-refractivity contribution < 1.29 is 4.39 Å². The third-order valence-electron chi connectivity index (χ3n) is 2.60. The molecule has 1 heterocycles. The van der Waals surface area contributed by atoms with Crippen LogP contribution in [0.25, 0.3) is 0 Å². The maximum absolute atomic E-state index is 13.3. The van der Waals surface area contributed by atoms with E-state index in [9.17, 15) is 9.18 Å². The van der Waals surface area contributed by atoms with E-state index in [1.165, 1.54) is 17.0 Å². The third kappa shape index (κ3) is 2.88. The van der Waals surface area contributed by atoms with E-state index in [2.05, 4.69) is 20.9 Å². The number of aromatic nitrogens is 2. The third-order valence-corrected chi connectivity index (χ3v) is 3.51. The summed E-state index contributed by atoms with van der Waals surface area (Å²) < 4.78 is 15.0. The molecule has 19 heavy (non-hydrogen) atoms. The van der Waals surface area contributed by atoms with E-state index >= 15 is 0 Å². The van der Waals surface area contributed by atoms with Crippen LogP contribution in [0.1, 0.15) is 16.8 Å². The Balaban J connectivity index is 2.43. The van der Waals surface area contributed by atoms with Gasteiger partial charge in [0, 0.05) is 0 Å². The Kier molecular flexibility index (Phi) is 3.76. The second-order valence-corrected chi connectivity index (χ2v) is 4.83. The number of nitriles is 1. The van der Waals surface area contributed by atoms with Gasteiger partial charge < -0.3 is 0 Å². The Morgan fingerprint density at radius 3 is 2.89 bits per heavy atom. The van der Waals surface area contributed by atoms with Crippen molar-refractivity contribution in [2.45, 2.75) is 13.5 Å². The number of halogens is 2. The zero-order valence-electron chi connectivity index (χ0n) is 10.0. The second-order valence-electron chi connectivity index (χ2n) is 4.04. The smallest absolute Gasteiger partial charge is 0.268 e. The molecule has 2 aromatic rings. The molecule has 0 bridgehead atoms. The van der Waals surface area contributed by atoms with Gasteiger partial charge in [-0.2, -0.15) is 5.26 Å². The van der Waals surface area contributed by atoms with Crippen LogP contribution in [-0.2, 0) is 6.54 Å². The lowest BCUT2D eigenvalue weighted by atomic mass is 10.1. The first-order valence-corrected chi connectivity index (χ1v) is 6.21. The van der Waals surface area contributed by atoms with Gasteiger partial charge in [-0.3, -0.25) is 9.36 Å². The fourth-order valence-corrected chi connectivity index (χ4v) is 1.99. The molecular weight excluding hydrogens is 313 g/mol. The second kappa shape index (κ2) is 5.33. The summed E-state index contributed by atoms with van der Waals surface area (Å²) in [6.45, 7) is 1.88. The summed E-state index contributed by atoms with van der Waals surface area (Å²) in [4.78, 5) is 16.0. The van der Waals surface area contributed by atoms with Crippen LogP contribution in [0.4, 0.5) is 4.39 Å². The van der Waals surface area contributed by atoms with E-state index in [1.807, 2.05) is 6.07 Å². The Bertz CT molecular complexity index is 734. The van der Waals surface area contributed by atoms with Gasteiger partial charge in [0.05, 0.1) is 30.2 Å². The molecule has 0 aliphatic rings. The van der Waals surface area contributed by atoms with E-state index < -0.39 is 5.82 Å². The quantitative estimate of drug-likeness (QED) is 0.853. The lowest BCUT2D eigenvalue weighted by Crippen LogP contribution is -2.22. The van der Waals surface area contributed by atoms with Crippen molar-refractivity contribution in [2.75, 3.05) is 0 Å². The van der Waals surface area contributed by atoms with Gasteiger partial charge >= 0.3 is 0 Å². The Morgan fingerprint density at radius 1 is 1.47 bits per heavy atom. The highest BCUT2D eigenvalue weighted by Crippen LogP contribution is 2.11. The fraction of sp³-hybridized carbons (Fsp3) is 0.154. The zero-order valence-corrected chi connectivity index (χ0v) is 11.6. The molecule has 0 spiro atoms. The molecule has 0 fully saturated rings.